The number of nitrogens with one attached hydrogen (secondary N) is 1. The molecule has 0 aliphatic heterocycles. The zero-order chi connectivity index (χ0) is 12.4. The van der Waals surface area contributed by atoms with E-state index in [1.54, 1.807) is 0 Å². The molecule has 1 N–H and O–H groups in total. The van der Waals surface area contributed by atoms with Crippen molar-refractivity contribution in [1.29, 1.82) is 0 Å². The van der Waals surface area contributed by atoms with E-state index in [0.717, 1.165) is 29.0 Å². The highest BCUT2D eigenvalue weighted by molar-refractivity contribution is 7.71. The fourth-order valence-corrected chi connectivity index (χ4v) is 2.93. The summed E-state index contributed by atoms with van der Waals surface area (Å²) in [5.41, 5.74) is 0. The van der Waals surface area contributed by atoms with E-state index in [1.807, 2.05) is 0 Å². The molecule has 1 heterocycles. The zero-order valence-corrected chi connectivity index (χ0v) is 11.9. The largest absolute Gasteiger partial charge is 0.304 e. The van der Waals surface area contributed by atoms with E-state index in [2.05, 4.69) is 35.5 Å². The molecular weight excluding hydrogens is 230 g/mol. The average molecular weight is 253 g/mol. The third-order valence-electron chi connectivity index (χ3n) is 3.88. The minimum Gasteiger partial charge on any atom is -0.304 e. The van der Waals surface area contributed by atoms with Crippen LogP contribution in [0.4, 0.5) is 0 Å². The van der Waals surface area contributed by atoms with Gasteiger partial charge in [-0.2, -0.15) is 5.10 Å². The van der Waals surface area contributed by atoms with Crippen LogP contribution in [0.2, 0.25) is 0 Å². The smallest absolute Gasteiger partial charge is 0.195 e. The molecule has 1 aliphatic rings. The van der Waals surface area contributed by atoms with Gasteiger partial charge in [-0.25, -0.2) is 0 Å². The Bertz CT molecular complexity index is 411. The molecule has 0 spiro atoms. The van der Waals surface area contributed by atoms with Gasteiger partial charge in [0.05, 0.1) is 0 Å². The minimum absolute atomic E-state index is 0.436. The van der Waals surface area contributed by atoms with Gasteiger partial charge < -0.3 is 4.57 Å². The Hall–Kier alpha value is -0.640. The summed E-state index contributed by atoms with van der Waals surface area (Å²) in [6.45, 7) is 7.75. The summed E-state index contributed by atoms with van der Waals surface area (Å²) in [6, 6.07) is 0. The van der Waals surface area contributed by atoms with E-state index in [9.17, 15) is 0 Å². The third-order valence-corrected chi connectivity index (χ3v) is 4.19. The Kier molecular flexibility index (Phi) is 4.02. The fourth-order valence-electron chi connectivity index (χ4n) is 2.72. The molecule has 0 saturated heterocycles. The molecular formula is C13H23N3S. The van der Waals surface area contributed by atoms with Gasteiger partial charge in [-0.05, 0) is 36.9 Å². The van der Waals surface area contributed by atoms with Crippen LogP contribution in [0, 0.1) is 16.6 Å². The van der Waals surface area contributed by atoms with Gasteiger partial charge in [-0.15, -0.1) is 0 Å². The first-order valence-corrected chi connectivity index (χ1v) is 7.13. The van der Waals surface area contributed by atoms with Crippen LogP contribution in [-0.2, 0) is 6.54 Å². The van der Waals surface area contributed by atoms with Gasteiger partial charge in [-0.3, -0.25) is 5.10 Å². The first-order valence-electron chi connectivity index (χ1n) is 6.73. The van der Waals surface area contributed by atoms with Crippen molar-refractivity contribution in [3.63, 3.8) is 0 Å². The lowest BCUT2D eigenvalue weighted by Crippen LogP contribution is -2.19. The predicted molar refractivity (Wildman–Crippen MR) is 72.6 cm³/mol. The fraction of sp³-hybridized carbons (Fsp3) is 0.846. The maximum absolute atomic E-state index is 5.33. The van der Waals surface area contributed by atoms with Crippen LogP contribution >= 0.6 is 12.2 Å². The molecule has 3 nitrogen and oxygen atoms in total. The number of hydrogen-bond donors (Lipinski definition) is 1. The first kappa shape index (κ1) is 12.8. The molecule has 0 aromatic carbocycles. The highest BCUT2D eigenvalue weighted by Gasteiger charge is 2.20. The van der Waals surface area contributed by atoms with Crippen molar-refractivity contribution in [3.05, 3.63) is 10.6 Å². The summed E-state index contributed by atoms with van der Waals surface area (Å²) in [5.74, 6) is 3.24. The molecule has 1 aromatic heterocycles. The SMILES string of the molecule is CC1CCC(Cn2c(C(C)C)n[nH]c2=S)CC1. The molecule has 1 aliphatic carbocycles. The van der Waals surface area contributed by atoms with Gasteiger partial charge in [0.25, 0.3) is 0 Å². The van der Waals surface area contributed by atoms with Crippen molar-refractivity contribution in [2.75, 3.05) is 0 Å². The summed E-state index contributed by atoms with van der Waals surface area (Å²) in [7, 11) is 0. The Morgan fingerprint density at radius 1 is 1.35 bits per heavy atom. The van der Waals surface area contributed by atoms with E-state index in [-0.39, 0.29) is 0 Å². The number of aromatic amines is 1. The molecule has 96 valence electrons. The molecule has 1 aromatic rings. The Balaban J connectivity index is 2.08. The van der Waals surface area contributed by atoms with Crippen LogP contribution in [0.15, 0.2) is 0 Å². The average Bonchev–Trinajstić information content (AvgIpc) is 2.64. The number of rotatable bonds is 3. The van der Waals surface area contributed by atoms with Crippen LogP contribution in [0.3, 0.4) is 0 Å². The molecule has 1 fully saturated rings. The van der Waals surface area contributed by atoms with Gasteiger partial charge in [0.1, 0.15) is 5.82 Å². The first-order chi connectivity index (χ1) is 8.08. The zero-order valence-electron chi connectivity index (χ0n) is 11.1. The highest BCUT2D eigenvalue weighted by Crippen LogP contribution is 2.30. The Morgan fingerprint density at radius 3 is 2.59 bits per heavy atom. The second kappa shape index (κ2) is 5.34. The van der Waals surface area contributed by atoms with Crippen molar-refractivity contribution in [1.82, 2.24) is 14.8 Å². The van der Waals surface area contributed by atoms with Crippen molar-refractivity contribution in [2.45, 2.75) is 58.9 Å². The number of hydrogen-bond acceptors (Lipinski definition) is 2. The van der Waals surface area contributed by atoms with Gasteiger partial charge in [0, 0.05) is 12.5 Å². The maximum atomic E-state index is 5.33. The molecule has 17 heavy (non-hydrogen) atoms. The standard InChI is InChI=1S/C13H23N3S/c1-9(2)12-14-15-13(17)16(12)8-11-6-4-10(3)5-7-11/h9-11H,4-8H2,1-3H3,(H,15,17). The third kappa shape index (κ3) is 2.97. The summed E-state index contributed by atoms with van der Waals surface area (Å²) in [6.07, 6.45) is 5.41. The van der Waals surface area contributed by atoms with E-state index in [0.29, 0.717) is 5.92 Å². The monoisotopic (exact) mass is 253 g/mol. The van der Waals surface area contributed by atoms with Crippen LogP contribution in [0.25, 0.3) is 0 Å². The molecule has 0 atom stereocenters. The Morgan fingerprint density at radius 2 is 2.00 bits per heavy atom. The normalized spacial score (nSPS) is 25.4. The number of nitrogens with zero attached hydrogens (tertiary/aromatic N) is 2. The second-order valence-electron chi connectivity index (χ2n) is 5.78. The van der Waals surface area contributed by atoms with Crippen molar-refractivity contribution >= 4 is 12.2 Å². The van der Waals surface area contributed by atoms with Gasteiger partial charge in [0.15, 0.2) is 4.77 Å². The maximum Gasteiger partial charge on any atom is 0.195 e. The lowest BCUT2D eigenvalue weighted by molar-refractivity contribution is 0.261. The van der Waals surface area contributed by atoms with E-state index < -0.39 is 0 Å². The van der Waals surface area contributed by atoms with Gasteiger partial charge in [0.2, 0.25) is 0 Å². The van der Waals surface area contributed by atoms with Crippen molar-refractivity contribution < 1.29 is 0 Å². The molecule has 2 rings (SSSR count). The van der Waals surface area contributed by atoms with Crippen LogP contribution < -0.4 is 0 Å². The van der Waals surface area contributed by atoms with Gasteiger partial charge in [-0.1, -0.05) is 33.6 Å². The summed E-state index contributed by atoms with van der Waals surface area (Å²) < 4.78 is 2.99. The van der Waals surface area contributed by atoms with Crippen LogP contribution in [0.1, 0.15) is 58.2 Å². The number of aromatic nitrogens is 3. The Labute approximate surface area is 109 Å². The van der Waals surface area contributed by atoms with Gasteiger partial charge >= 0.3 is 0 Å². The van der Waals surface area contributed by atoms with E-state index in [4.69, 9.17) is 12.2 Å². The van der Waals surface area contributed by atoms with Crippen LogP contribution in [0.5, 0.6) is 0 Å². The molecule has 0 unspecified atom stereocenters. The lowest BCUT2D eigenvalue weighted by atomic mass is 9.83. The lowest BCUT2D eigenvalue weighted by Gasteiger charge is -2.26. The molecule has 0 radical (unpaired) electrons. The molecule has 0 bridgehead atoms. The second-order valence-corrected chi connectivity index (χ2v) is 6.16. The number of H-pyrrole nitrogens is 1. The van der Waals surface area contributed by atoms with E-state index >= 15 is 0 Å². The summed E-state index contributed by atoms with van der Waals surface area (Å²) in [5, 5.41) is 7.27. The highest BCUT2D eigenvalue weighted by atomic mass is 32.1. The summed E-state index contributed by atoms with van der Waals surface area (Å²) in [4.78, 5) is 0. The van der Waals surface area contributed by atoms with Crippen molar-refractivity contribution in [3.8, 4) is 0 Å². The predicted octanol–water partition coefficient (Wildman–Crippen LogP) is 3.89. The molecule has 0 amide bonds. The molecule has 1 saturated carbocycles. The molecule has 4 heteroatoms. The van der Waals surface area contributed by atoms with E-state index in [1.165, 1.54) is 25.7 Å². The van der Waals surface area contributed by atoms with Crippen molar-refractivity contribution in [2.24, 2.45) is 11.8 Å². The van der Waals surface area contributed by atoms with Crippen LogP contribution in [-0.4, -0.2) is 14.8 Å². The summed E-state index contributed by atoms with van der Waals surface area (Å²) >= 11 is 5.33. The quantitative estimate of drug-likeness (QED) is 0.829. The minimum atomic E-state index is 0.436. The topological polar surface area (TPSA) is 33.6 Å².